The Morgan fingerprint density at radius 3 is 2.68 bits per heavy atom. The fourth-order valence-electron chi connectivity index (χ4n) is 3.67. The molecule has 0 spiro atoms. The number of benzene rings is 3. The first-order chi connectivity index (χ1) is 15.0. The Morgan fingerprint density at radius 1 is 1.19 bits per heavy atom. The number of aromatic hydroxyl groups is 1. The van der Waals surface area contributed by atoms with Crippen molar-refractivity contribution in [2.24, 2.45) is 4.99 Å². The van der Waals surface area contributed by atoms with E-state index in [0.717, 1.165) is 22.4 Å². The van der Waals surface area contributed by atoms with E-state index in [9.17, 15) is 9.50 Å². The van der Waals surface area contributed by atoms with Crippen molar-refractivity contribution in [1.29, 1.82) is 0 Å². The van der Waals surface area contributed by atoms with Crippen molar-refractivity contribution in [2.75, 3.05) is 6.61 Å². The summed E-state index contributed by atoms with van der Waals surface area (Å²) >= 11 is 9.32. The van der Waals surface area contributed by atoms with E-state index in [1.54, 1.807) is 18.2 Å². The molecule has 0 fully saturated rings. The van der Waals surface area contributed by atoms with E-state index in [1.165, 1.54) is 6.07 Å². The summed E-state index contributed by atoms with van der Waals surface area (Å²) in [5.41, 5.74) is 3.35. The first-order valence-corrected chi connectivity index (χ1v) is 11.1. The standard InChI is InChI=1S/C24H21BrClFN2O2/c1-2-31-22-5-3-4-17(23(22)30)21-13-20(14-6-9-16(26)10-7-14)28-24(29-21)15-8-11-19(27)18(25)12-15/h3-12,21,24,29-30H,2,13H2,1H3. The molecule has 4 rings (SSSR count). The van der Waals surface area contributed by atoms with Gasteiger partial charge < -0.3 is 9.84 Å². The highest BCUT2D eigenvalue weighted by Gasteiger charge is 2.29. The van der Waals surface area contributed by atoms with Crippen LogP contribution in [0.15, 0.2) is 70.1 Å². The second-order valence-corrected chi connectivity index (χ2v) is 8.50. The highest BCUT2D eigenvalue weighted by atomic mass is 79.9. The molecule has 2 unspecified atom stereocenters. The summed E-state index contributed by atoms with van der Waals surface area (Å²) in [6, 6.07) is 17.6. The van der Waals surface area contributed by atoms with Gasteiger partial charge in [0.2, 0.25) is 0 Å². The van der Waals surface area contributed by atoms with E-state index in [0.29, 0.717) is 28.3 Å². The van der Waals surface area contributed by atoms with Crippen molar-refractivity contribution in [3.8, 4) is 11.5 Å². The number of hydrogen-bond acceptors (Lipinski definition) is 4. The number of rotatable bonds is 5. The van der Waals surface area contributed by atoms with Crippen molar-refractivity contribution < 1.29 is 14.2 Å². The molecule has 3 aromatic carbocycles. The number of nitrogens with one attached hydrogen (secondary N) is 1. The van der Waals surface area contributed by atoms with Gasteiger partial charge >= 0.3 is 0 Å². The Labute approximate surface area is 193 Å². The smallest absolute Gasteiger partial charge is 0.162 e. The number of halogens is 3. The van der Waals surface area contributed by atoms with Crippen molar-refractivity contribution in [3.05, 3.63) is 92.7 Å². The highest BCUT2D eigenvalue weighted by Crippen LogP contribution is 2.39. The van der Waals surface area contributed by atoms with Gasteiger partial charge in [-0.3, -0.25) is 10.3 Å². The van der Waals surface area contributed by atoms with Crippen LogP contribution in [-0.4, -0.2) is 17.4 Å². The van der Waals surface area contributed by atoms with Crippen molar-refractivity contribution >= 4 is 33.2 Å². The summed E-state index contributed by atoms with van der Waals surface area (Å²) in [5.74, 6) is 0.219. The third-order valence-electron chi connectivity index (χ3n) is 5.18. The molecule has 2 atom stereocenters. The van der Waals surface area contributed by atoms with Crippen molar-refractivity contribution in [1.82, 2.24) is 5.32 Å². The Morgan fingerprint density at radius 2 is 1.97 bits per heavy atom. The number of ether oxygens (including phenoxy) is 1. The maximum Gasteiger partial charge on any atom is 0.162 e. The Balaban J connectivity index is 1.76. The van der Waals surface area contributed by atoms with E-state index in [-0.39, 0.29) is 17.6 Å². The van der Waals surface area contributed by atoms with Gasteiger partial charge in [-0.25, -0.2) is 4.39 Å². The summed E-state index contributed by atoms with van der Waals surface area (Å²) in [6.07, 6.45) is 0.139. The maximum atomic E-state index is 13.8. The molecule has 1 aliphatic heterocycles. The summed E-state index contributed by atoms with van der Waals surface area (Å²) in [7, 11) is 0. The van der Waals surface area contributed by atoms with Crippen LogP contribution in [0.1, 0.15) is 42.2 Å². The molecule has 0 amide bonds. The van der Waals surface area contributed by atoms with Gasteiger partial charge in [0.25, 0.3) is 0 Å². The van der Waals surface area contributed by atoms with Crippen molar-refractivity contribution in [3.63, 3.8) is 0 Å². The minimum atomic E-state index is -0.420. The Kier molecular flexibility index (Phi) is 6.60. The van der Waals surface area contributed by atoms with Gasteiger partial charge in [-0.15, -0.1) is 0 Å². The van der Waals surface area contributed by atoms with Crippen LogP contribution in [0, 0.1) is 5.82 Å². The fraction of sp³-hybridized carbons (Fsp3) is 0.208. The normalized spacial score (nSPS) is 18.5. The predicted octanol–water partition coefficient (Wildman–Crippen LogP) is 6.57. The molecule has 0 aliphatic carbocycles. The summed E-state index contributed by atoms with van der Waals surface area (Å²) < 4.78 is 19.7. The van der Waals surface area contributed by atoms with Crippen LogP contribution in [0.2, 0.25) is 5.02 Å². The van der Waals surface area contributed by atoms with Gasteiger partial charge in [0.15, 0.2) is 11.5 Å². The molecule has 1 heterocycles. The van der Waals surface area contributed by atoms with Crippen LogP contribution in [0.4, 0.5) is 4.39 Å². The lowest BCUT2D eigenvalue weighted by Crippen LogP contribution is -2.33. The lowest BCUT2D eigenvalue weighted by molar-refractivity contribution is 0.313. The zero-order valence-corrected chi connectivity index (χ0v) is 19.1. The lowest BCUT2D eigenvalue weighted by Gasteiger charge is -2.31. The molecule has 3 aromatic rings. The molecule has 0 radical (unpaired) electrons. The summed E-state index contributed by atoms with van der Waals surface area (Å²) in [6.45, 7) is 2.33. The Bertz CT molecular complexity index is 1120. The molecule has 4 nitrogen and oxygen atoms in total. The number of nitrogens with zero attached hydrogens (tertiary/aromatic N) is 1. The number of para-hydroxylation sites is 1. The molecule has 160 valence electrons. The highest BCUT2D eigenvalue weighted by molar-refractivity contribution is 9.10. The molecule has 7 heteroatoms. The topological polar surface area (TPSA) is 53.8 Å². The molecule has 31 heavy (non-hydrogen) atoms. The van der Waals surface area contributed by atoms with E-state index in [4.69, 9.17) is 21.3 Å². The molecule has 1 aliphatic rings. The minimum absolute atomic E-state index is 0.109. The van der Waals surface area contributed by atoms with Crippen LogP contribution in [0.5, 0.6) is 11.5 Å². The second-order valence-electron chi connectivity index (χ2n) is 7.21. The third-order valence-corrected chi connectivity index (χ3v) is 6.04. The number of aliphatic imine (C=N–C) groups is 1. The molecule has 0 saturated carbocycles. The quantitative estimate of drug-likeness (QED) is 0.414. The van der Waals surface area contributed by atoms with Crippen LogP contribution in [0.25, 0.3) is 0 Å². The first-order valence-electron chi connectivity index (χ1n) is 9.94. The van der Waals surface area contributed by atoms with E-state index in [1.807, 2.05) is 43.3 Å². The van der Waals surface area contributed by atoms with E-state index >= 15 is 0 Å². The Hall–Kier alpha value is -2.41. The zero-order valence-electron chi connectivity index (χ0n) is 16.8. The number of hydrogen-bond donors (Lipinski definition) is 2. The van der Waals surface area contributed by atoms with Crippen molar-refractivity contribution in [2.45, 2.75) is 25.6 Å². The summed E-state index contributed by atoms with van der Waals surface area (Å²) in [5, 5.41) is 15.0. The average Bonchev–Trinajstić information content (AvgIpc) is 2.77. The largest absolute Gasteiger partial charge is 0.504 e. The second kappa shape index (κ2) is 9.39. The fourth-order valence-corrected chi connectivity index (χ4v) is 4.19. The lowest BCUT2D eigenvalue weighted by atomic mass is 9.93. The van der Waals surface area contributed by atoms with Gasteiger partial charge in [-0.2, -0.15) is 0 Å². The maximum absolute atomic E-state index is 13.8. The van der Waals surface area contributed by atoms with E-state index < -0.39 is 6.17 Å². The minimum Gasteiger partial charge on any atom is -0.504 e. The number of phenolic OH excluding ortho intramolecular Hbond substituents is 1. The van der Waals surface area contributed by atoms with E-state index in [2.05, 4.69) is 21.2 Å². The SMILES string of the molecule is CCOc1cccc(C2CC(c3ccc(Cl)cc3)=NC(c3ccc(F)c(Br)c3)N2)c1O. The molecular formula is C24H21BrClFN2O2. The van der Waals surface area contributed by atoms with Crippen LogP contribution < -0.4 is 10.1 Å². The van der Waals surface area contributed by atoms with Gasteiger partial charge in [0.1, 0.15) is 12.0 Å². The summed E-state index contributed by atoms with van der Waals surface area (Å²) in [4.78, 5) is 4.89. The average molecular weight is 504 g/mol. The molecule has 0 aromatic heterocycles. The van der Waals surface area contributed by atoms with Gasteiger partial charge in [-0.05, 0) is 64.3 Å². The van der Waals surface area contributed by atoms with Crippen LogP contribution >= 0.6 is 27.5 Å². The monoisotopic (exact) mass is 502 g/mol. The van der Waals surface area contributed by atoms with Crippen LogP contribution in [0.3, 0.4) is 0 Å². The third kappa shape index (κ3) is 4.76. The molecular weight excluding hydrogens is 483 g/mol. The van der Waals surface area contributed by atoms with Gasteiger partial charge in [0, 0.05) is 28.8 Å². The molecule has 0 saturated heterocycles. The predicted molar refractivity (Wildman–Crippen MR) is 125 cm³/mol. The molecule has 2 N–H and O–H groups in total. The zero-order chi connectivity index (χ0) is 22.0. The molecule has 0 bridgehead atoms. The van der Waals surface area contributed by atoms with Gasteiger partial charge in [0.05, 0.1) is 11.1 Å². The van der Waals surface area contributed by atoms with Gasteiger partial charge in [-0.1, -0.05) is 41.9 Å². The number of phenols is 1. The first kappa shape index (κ1) is 21.8. The van der Waals surface area contributed by atoms with Crippen LogP contribution in [-0.2, 0) is 0 Å².